The summed E-state index contributed by atoms with van der Waals surface area (Å²) in [5, 5.41) is 0. The van der Waals surface area contributed by atoms with E-state index in [-0.39, 0.29) is 31.1 Å². The Kier molecular flexibility index (Phi) is 66.7. The quantitative estimate of drug-likeness (QED) is 0.0261. The minimum absolute atomic E-state index is 0.0806. The van der Waals surface area contributed by atoms with Gasteiger partial charge in [-0.1, -0.05) is 343 Å². The summed E-state index contributed by atoms with van der Waals surface area (Å²) in [5.41, 5.74) is 0. The number of unbranched alkanes of at least 4 members (excludes halogenated alkanes) is 37. The predicted octanol–water partition coefficient (Wildman–Crippen LogP) is 24.4. The summed E-state index contributed by atoms with van der Waals surface area (Å²) >= 11 is 0. The average Bonchev–Trinajstić information content (AvgIpc) is 3.47. The Labute approximate surface area is 508 Å². The molecule has 0 fully saturated rings. The zero-order valence-corrected chi connectivity index (χ0v) is 54.2. The highest BCUT2D eigenvalue weighted by Gasteiger charge is 2.19. The molecule has 0 aromatic heterocycles. The molecular formula is C76H132O6. The third-order valence-corrected chi connectivity index (χ3v) is 15.4. The molecule has 0 radical (unpaired) electrons. The average molecular weight is 1140 g/mol. The Bertz CT molecular complexity index is 1590. The van der Waals surface area contributed by atoms with Crippen LogP contribution in [-0.4, -0.2) is 37.2 Å². The summed E-state index contributed by atoms with van der Waals surface area (Å²) in [6.45, 7) is 6.56. The van der Waals surface area contributed by atoms with Crippen LogP contribution in [0, 0.1) is 0 Å². The fourth-order valence-corrected chi connectivity index (χ4v) is 10.1. The molecule has 0 bridgehead atoms. The summed E-state index contributed by atoms with van der Waals surface area (Å²) in [6, 6.07) is 0. The molecule has 82 heavy (non-hydrogen) atoms. The molecule has 0 aromatic carbocycles. The van der Waals surface area contributed by atoms with Crippen LogP contribution in [0.5, 0.6) is 0 Å². The highest BCUT2D eigenvalue weighted by atomic mass is 16.6. The first-order valence-corrected chi connectivity index (χ1v) is 35.2. The zero-order chi connectivity index (χ0) is 59.2. The van der Waals surface area contributed by atoms with Crippen molar-refractivity contribution in [2.45, 2.75) is 354 Å². The molecule has 0 aromatic rings. The van der Waals surface area contributed by atoms with E-state index in [1.54, 1.807) is 0 Å². The van der Waals surface area contributed by atoms with Crippen molar-refractivity contribution in [3.8, 4) is 0 Å². The summed E-state index contributed by atoms with van der Waals surface area (Å²) in [4.78, 5) is 38.5. The Hall–Kier alpha value is -3.67. The lowest BCUT2D eigenvalue weighted by molar-refractivity contribution is -0.167. The molecule has 472 valence electrons. The van der Waals surface area contributed by atoms with Gasteiger partial charge in [-0.3, -0.25) is 14.4 Å². The summed E-state index contributed by atoms with van der Waals surface area (Å²) in [7, 11) is 0. The van der Waals surface area contributed by atoms with Gasteiger partial charge in [0.25, 0.3) is 0 Å². The second kappa shape index (κ2) is 69.8. The van der Waals surface area contributed by atoms with Gasteiger partial charge in [-0.15, -0.1) is 0 Å². The van der Waals surface area contributed by atoms with Crippen LogP contribution in [0.15, 0.2) is 97.2 Å². The van der Waals surface area contributed by atoms with E-state index >= 15 is 0 Å². The van der Waals surface area contributed by atoms with Crippen molar-refractivity contribution in [1.82, 2.24) is 0 Å². The summed E-state index contributed by atoms with van der Waals surface area (Å²) < 4.78 is 17.0. The lowest BCUT2D eigenvalue weighted by atomic mass is 10.0. The first kappa shape index (κ1) is 78.3. The van der Waals surface area contributed by atoms with Crippen molar-refractivity contribution in [3.63, 3.8) is 0 Å². The van der Waals surface area contributed by atoms with E-state index in [9.17, 15) is 14.4 Å². The predicted molar refractivity (Wildman–Crippen MR) is 357 cm³/mol. The van der Waals surface area contributed by atoms with Crippen molar-refractivity contribution in [2.75, 3.05) is 13.2 Å². The molecule has 0 amide bonds. The van der Waals surface area contributed by atoms with Crippen LogP contribution < -0.4 is 0 Å². The van der Waals surface area contributed by atoms with Crippen molar-refractivity contribution < 1.29 is 28.6 Å². The Morgan fingerprint density at radius 2 is 0.476 bits per heavy atom. The topological polar surface area (TPSA) is 78.9 Å². The van der Waals surface area contributed by atoms with Gasteiger partial charge in [-0.25, -0.2) is 0 Å². The van der Waals surface area contributed by atoms with Gasteiger partial charge in [0.1, 0.15) is 13.2 Å². The molecule has 6 heteroatoms. The van der Waals surface area contributed by atoms with Crippen molar-refractivity contribution in [3.05, 3.63) is 97.2 Å². The van der Waals surface area contributed by atoms with Crippen LogP contribution in [0.2, 0.25) is 0 Å². The van der Waals surface area contributed by atoms with E-state index < -0.39 is 6.10 Å². The standard InChI is InChI=1S/C76H132O6/c1-4-7-10-13-16-19-22-25-28-31-33-34-35-36-37-38-39-40-41-42-43-46-48-51-54-57-60-63-66-69-75(78)81-72-73(71-80-74(77)68-65-62-59-56-53-50-47-44-30-27-24-21-18-15-12-9-6-3)82-76(79)70-67-64-61-58-55-52-49-45-32-29-26-23-20-17-14-11-8-5-2/h7,10,16,19,25,28,33-34,36-37,39-40,42-43,48,51,73H,4-6,8-9,11-15,17-18,20-24,26-27,29-32,35,38,41,44-47,49-50,52-72H2,1-3H3/b10-7-,19-16-,28-25-,34-33-,37-36-,40-39-,43-42-,51-48-. The van der Waals surface area contributed by atoms with Crippen LogP contribution in [0.3, 0.4) is 0 Å². The highest BCUT2D eigenvalue weighted by molar-refractivity contribution is 5.71. The first-order valence-electron chi connectivity index (χ1n) is 35.2. The van der Waals surface area contributed by atoms with Crippen LogP contribution in [0.25, 0.3) is 0 Å². The first-order chi connectivity index (χ1) is 40.5. The third-order valence-electron chi connectivity index (χ3n) is 15.4. The number of rotatable bonds is 64. The number of hydrogen-bond donors (Lipinski definition) is 0. The lowest BCUT2D eigenvalue weighted by Crippen LogP contribution is -2.30. The van der Waals surface area contributed by atoms with Gasteiger partial charge in [0.05, 0.1) is 0 Å². The number of esters is 3. The third kappa shape index (κ3) is 67.1. The van der Waals surface area contributed by atoms with Gasteiger partial charge >= 0.3 is 17.9 Å². The minimum atomic E-state index is -0.787. The van der Waals surface area contributed by atoms with Crippen LogP contribution in [0.1, 0.15) is 348 Å². The van der Waals surface area contributed by atoms with Crippen molar-refractivity contribution >= 4 is 17.9 Å². The molecule has 0 aliphatic carbocycles. The number of allylic oxidation sites excluding steroid dienone is 16. The van der Waals surface area contributed by atoms with E-state index in [4.69, 9.17) is 14.2 Å². The van der Waals surface area contributed by atoms with E-state index in [0.717, 1.165) is 122 Å². The van der Waals surface area contributed by atoms with Gasteiger partial charge in [0.2, 0.25) is 0 Å². The van der Waals surface area contributed by atoms with E-state index in [2.05, 4.69) is 118 Å². The molecule has 0 spiro atoms. The maximum Gasteiger partial charge on any atom is 0.306 e. The second-order valence-corrected chi connectivity index (χ2v) is 23.4. The fourth-order valence-electron chi connectivity index (χ4n) is 10.1. The largest absolute Gasteiger partial charge is 0.462 e. The fraction of sp³-hybridized carbons (Fsp3) is 0.750. The molecule has 0 saturated carbocycles. The molecular weight excluding hydrogens is 1010 g/mol. The van der Waals surface area contributed by atoms with Gasteiger partial charge < -0.3 is 14.2 Å². The molecule has 6 nitrogen and oxygen atoms in total. The lowest BCUT2D eigenvalue weighted by Gasteiger charge is -2.18. The van der Waals surface area contributed by atoms with Crippen LogP contribution in [-0.2, 0) is 28.6 Å². The minimum Gasteiger partial charge on any atom is -0.462 e. The van der Waals surface area contributed by atoms with Crippen LogP contribution in [0.4, 0.5) is 0 Å². The smallest absolute Gasteiger partial charge is 0.306 e. The number of carbonyl (C=O) groups excluding carboxylic acids is 3. The molecule has 0 rings (SSSR count). The summed E-state index contributed by atoms with van der Waals surface area (Å²) in [5.74, 6) is -0.886. The van der Waals surface area contributed by atoms with Crippen LogP contribution >= 0.6 is 0 Å². The van der Waals surface area contributed by atoms with Gasteiger partial charge in [0, 0.05) is 19.3 Å². The van der Waals surface area contributed by atoms with E-state index in [0.29, 0.717) is 19.3 Å². The van der Waals surface area contributed by atoms with E-state index in [1.807, 2.05) is 0 Å². The molecule has 0 heterocycles. The Morgan fingerprint density at radius 3 is 0.744 bits per heavy atom. The Balaban J connectivity index is 4.38. The van der Waals surface area contributed by atoms with Gasteiger partial charge in [0.15, 0.2) is 6.10 Å². The molecule has 0 aliphatic heterocycles. The summed E-state index contributed by atoms with van der Waals surface area (Å²) in [6.07, 6.45) is 94.2. The molecule has 0 saturated heterocycles. The molecule has 0 aliphatic rings. The maximum absolute atomic E-state index is 13.0. The van der Waals surface area contributed by atoms with Crippen molar-refractivity contribution in [2.24, 2.45) is 0 Å². The number of hydrogen-bond acceptors (Lipinski definition) is 6. The molecule has 1 unspecified atom stereocenters. The maximum atomic E-state index is 13.0. The second-order valence-electron chi connectivity index (χ2n) is 23.4. The number of carbonyl (C=O) groups is 3. The van der Waals surface area contributed by atoms with Gasteiger partial charge in [-0.05, 0) is 83.5 Å². The highest BCUT2D eigenvalue weighted by Crippen LogP contribution is 2.18. The molecule has 0 N–H and O–H groups in total. The SMILES string of the molecule is CC/C=C\C/C=C\C/C=C\C/C=C\C/C=C\C/C=C\C/C=C\C/C=C\CCCCCCC(=O)OCC(COC(=O)CCCCCCCCCCCCCCCCCCC)OC(=O)CCCCCCCCCCCCCCCCCCCC. The monoisotopic (exact) mass is 1140 g/mol. The molecule has 1 atom stereocenters. The Morgan fingerprint density at radius 1 is 0.256 bits per heavy atom. The normalized spacial score (nSPS) is 12.7. The van der Waals surface area contributed by atoms with Crippen molar-refractivity contribution in [1.29, 1.82) is 0 Å². The van der Waals surface area contributed by atoms with E-state index in [1.165, 1.54) is 186 Å². The van der Waals surface area contributed by atoms with Gasteiger partial charge in [-0.2, -0.15) is 0 Å². The number of ether oxygens (including phenoxy) is 3. The zero-order valence-electron chi connectivity index (χ0n) is 54.2.